The van der Waals surface area contributed by atoms with Gasteiger partial charge in [-0.1, -0.05) is 0 Å². The zero-order valence-corrected chi connectivity index (χ0v) is 11.6. The van der Waals surface area contributed by atoms with E-state index in [-0.39, 0.29) is 3.57 Å². The predicted molar refractivity (Wildman–Crippen MR) is 66.5 cm³/mol. The number of hydrogen-bond donors (Lipinski definition) is 0. The van der Waals surface area contributed by atoms with Crippen molar-refractivity contribution in [3.8, 4) is 0 Å². The lowest BCUT2D eigenvalue weighted by atomic mass is 10.0. The second-order valence-corrected chi connectivity index (χ2v) is 4.70. The molecule has 0 aromatic heterocycles. The normalized spacial score (nSPS) is 11.2. The van der Waals surface area contributed by atoms with Crippen LogP contribution < -0.4 is 0 Å². The van der Waals surface area contributed by atoms with Crippen molar-refractivity contribution in [1.82, 2.24) is 0 Å². The van der Waals surface area contributed by atoms with E-state index in [0.29, 0.717) is 0 Å². The monoisotopic (exact) mass is 389 g/mol. The number of nitro benzene ring substituents is 1. The minimum absolute atomic E-state index is 0.0604. The fourth-order valence-corrected chi connectivity index (χ4v) is 2.05. The van der Waals surface area contributed by atoms with Crippen LogP contribution in [0.1, 0.15) is 11.1 Å². The van der Waals surface area contributed by atoms with Crippen LogP contribution in [0, 0.1) is 13.7 Å². The highest BCUT2D eigenvalue weighted by molar-refractivity contribution is 14.1. The summed E-state index contributed by atoms with van der Waals surface area (Å²) in [6, 6.07) is 1.74. The van der Waals surface area contributed by atoms with Gasteiger partial charge in [0.05, 0.1) is 29.6 Å². The first-order valence-corrected chi connectivity index (χ1v) is 5.85. The molecule has 1 aromatic carbocycles. The smallest absolute Gasteiger partial charge is 0.416 e. The third-order valence-corrected chi connectivity index (χ3v) is 2.86. The van der Waals surface area contributed by atoms with Gasteiger partial charge in [0.25, 0.3) is 5.69 Å². The van der Waals surface area contributed by atoms with Crippen LogP contribution in [0.25, 0.3) is 0 Å². The van der Waals surface area contributed by atoms with Gasteiger partial charge in [0.1, 0.15) is 0 Å². The number of methoxy groups -OCH3 is 1. The number of esters is 1. The van der Waals surface area contributed by atoms with Gasteiger partial charge in [0, 0.05) is 9.64 Å². The van der Waals surface area contributed by atoms with E-state index < -0.39 is 40.3 Å². The largest absolute Gasteiger partial charge is 0.469 e. The predicted octanol–water partition coefficient (Wildman–Crippen LogP) is 2.93. The maximum absolute atomic E-state index is 12.8. The summed E-state index contributed by atoms with van der Waals surface area (Å²) in [5.74, 6) is -0.977. The molecule has 0 saturated heterocycles. The van der Waals surface area contributed by atoms with E-state index in [0.717, 1.165) is 19.2 Å². The second kappa shape index (κ2) is 5.72. The summed E-state index contributed by atoms with van der Waals surface area (Å²) in [6.45, 7) is 0. The minimum atomic E-state index is -4.78. The number of hydrogen-bond acceptors (Lipinski definition) is 4. The van der Waals surface area contributed by atoms with Gasteiger partial charge in [0.2, 0.25) is 0 Å². The molecule has 0 aliphatic rings. The van der Waals surface area contributed by atoms with E-state index in [1.165, 1.54) is 0 Å². The number of alkyl halides is 3. The third kappa shape index (κ3) is 3.78. The summed E-state index contributed by atoms with van der Waals surface area (Å²) in [6.07, 6.45) is -5.59. The lowest BCUT2D eigenvalue weighted by Gasteiger charge is -2.13. The average molecular weight is 389 g/mol. The Balaban J connectivity index is 3.52. The van der Waals surface area contributed by atoms with E-state index in [1.54, 1.807) is 22.6 Å². The van der Waals surface area contributed by atoms with Gasteiger partial charge < -0.3 is 4.74 Å². The summed E-state index contributed by atoms with van der Waals surface area (Å²) < 4.78 is 42.9. The molecule has 0 radical (unpaired) electrons. The number of nitrogens with zero attached hydrogens (tertiary/aromatic N) is 1. The lowest BCUT2D eigenvalue weighted by Crippen LogP contribution is -2.15. The molecule has 104 valence electrons. The number of ether oxygens (including phenoxy) is 1. The van der Waals surface area contributed by atoms with Crippen molar-refractivity contribution in [1.29, 1.82) is 0 Å². The van der Waals surface area contributed by atoms with Crippen LogP contribution in [0.5, 0.6) is 0 Å². The Labute approximate surface area is 119 Å². The topological polar surface area (TPSA) is 69.4 Å². The van der Waals surface area contributed by atoms with E-state index in [2.05, 4.69) is 4.74 Å². The molecule has 0 aliphatic heterocycles. The maximum atomic E-state index is 12.8. The number of halogens is 4. The van der Waals surface area contributed by atoms with Crippen LogP contribution in [-0.2, 0) is 22.1 Å². The van der Waals surface area contributed by atoms with E-state index in [4.69, 9.17) is 0 Å². The Morgan fingerprint density at radius 1 is 1.47 bits per heavy atom. The van der Waals surface area contributed by atoms with Gasteiger partial charge in [-0.15, -0.1) is 0 Å². The van der Waals surface area contributed by atoms with Crippen molar-refractivity contribution < 1.29 is 27.6 Å². The molecule has 0 fully saturated rings. The van der Waals surface area contributed by atoms with Crippen LogP contribution in [-0.4, -0.2) is 18.0 Å². The van der Waals surface area contributed by atoms with Gasteiger partial charge in [0.15, 0.2) is 0 Å². The number of carbonyl (C=O) groups excluding carboxylic acids is 1. The van der Waals surface area contributed by atoms with Gasteiger partial charge >= 0.3 is 12.1 Å². The first-order valence-electron chi connectivity index (χ1n) is 4.77. The van der Waals surface area contributed by atoms with Crippen molar-refractivity contribution in [3.05, 3.63) is 36.9 Å². The van der Waals surface area contributed by atoms with Gasteiger partial charge in [-0.25, -0.2) is 0 Å². The van der Waals surface area contributed by atoms with Crippen molar-refractivity contribution in [2.75, 3.05) is 7.11 Å². The van der Waals surface area contributed by atoms with Crippen molar-refractivity contribution in [2.24, 2.45) is 0 Å². The highest BCUT2D eigenvalue weighted by atomic mass is 127. The summed E-state index contributed by atoms with van der Waals surface area (Å²) in [7, 11) is 0.994. The van der Waals surface area contributed by atoms with E-state index in [1.807, 2.05) is 0 Å². The van der Waals surface area contributed by atoms with E-state index in [9.17, 15) is 28.1 Å². The number of benzene rings is 1. The molecule has 0 aliphatic carbocycles. The molecule has 0 atom stereocenters. The maximum Gasteiger partial charge on any atom is 0.416 e. The molecule has 0 amide bonds. The molecular formula is C10H7F3INO4. The van der Waals surface area contributed by atoms with Gasteiger partial charge in [-0.3, -0.25) is 14.9 Å². The van der Waals surface area contributed by atoms with Gasteiger partial charge in [-0.2, -0.15) is 13.2 Å². The molecule has 0 unspecified atom stereocenters. The van der Waals surface area contributed by atoms with Crippen LogP contribution in [0.3, 0.4) is 0 Å². The second-order valence-electron chi connectivity index (χ2n) is 3.46. The van der Waals surface area contributed by atoms with Gasteiger partial charge in [-0.05, 0) is 28.7 Å². The number of carbonyl (C=O) groups is 1. The highest BCUT2D eigenvalue weighted by Gasteiger charge is 2.38. The summed E-state index contributed by atoms with van der Waals surface area (Å²) >= 11 is 1.54. The third-order valence-electron chi connectivity index (χ3n) is 2.24. The fourth-order valence-electron chi connectivity index (χ4n) is 1.44. The molecular weight excluding hydrogens is 382 g/mol. The SMILES string of the molecule is COC(=O)Cc1c([N+](=O)[O-])cc(I)cc1C(F)(F)F. The lowest BCUT2D eigenvalue weighted by molar-refractivity contribution is -0.385. The quantitative estimate of drug-likeness (QED) is 0.345. The Morgan fingerprint density at radius 2 is 2.05 bits per heavy atom. The summed E-state index contributed by atoms with van der Waals surface area (Å²) in [4.78, 5) is 21.0. The fraction of sp³-hybridized carbons (Fsp3) is 0.300. The zero-order valence-electron chi connectivity index (χ0n) is 9.45. The van der Waals surface area contributed by atoms with Crippen LogP contribution in [0.15, 0.2) is 12.1 Å². The Bertz CT molecular complexity index is 530. The number of rotatable bonds is 3. The first-order chi connectivity index (χ1) is 8.66. The molecule has 0 heterocycles. The van der Waals surface area contributed by atoms with E-state index >= 15 is 0 Å². The molecule has 9 heteroatoms. The highest BCUT2D eigenvalue weighted by Crippen LogP contribution is 2.37. The molecule has 0 bridgehead atoms. The van der Waals surface area contributed by atoms with Crippen molar-refractivity contribution >= 4 is 34.2 Å². The van der Waals surface area contributed by atoms with Crippen LogP contribution in [0.4, 0.5) is 18.9 Å². The molecule has 0 saturated carbocycles. The average Bonchev–Trinajstić information content (AvgIpc) is 2.28. The first kappa shape index (κ1) is 15.7. The minimum Gasteiger partial charge on any atom is -0.469 e. The molecule has 19 heavy (non-hydrogen) atoms. The van der Waals surface area contributed by atoms with Crippen molar-refractivity contribution in [3.63, 3.8) is 0 Å². The van der Waals surface area contributed by atoms with Crippen LogP contribution in [0.2, 0.25) is 0 Å². The molecule has 5 nitrogen and oxygen atoms in total. The molecule has 0 N–H and O–H groups in total. The molecule has 1 rings (SSSR count). The molecule has 0 spiro atoms. The summed E-state index contributed by atoms with van der Waals surface area (Å²) in [5.41, 5.74) is -2.63. The van der Waals surface area contributed by atoms with Crippen molar-refractivity contribution in [2.45, 2.75) is 12.6 Å². The Kier molecular flexibility index (Phi) is 4.71. The van der Waals surface area contributed by atoms with Crippen LogP contribution >= 0.6 is 22.6 Å². The zero-order chi connectivity index (χ0) is 14.8. The molecule has 1 aromatic rings. The Morgan fingerprint density at radius 3 is 2.47 bits per heavy atom. The standard InChI is InChI=1S/C10H7F3INO4/c1-19-9(16)4-6-7(10(11,12)13)2-5(14)3-8(6)15(17)18/h2-3H,4H2,1H3. The Hall–Kier alpha value is -1.39. The number of nitro groups is 1. The summed E-state index contributed by atoms with van der Waals surface area (Å²) in [5, 5.41) is 10.8.